The van der Waals surface area contributed by atoms with E-state index in [2.05, 4.69) is 6.58 Å². The van der Waals surface area contributed by atoms with Gasteiger partial charge < -0.3 is 19.6 Å². The number of hydrogen-bond donors (Lipinski definition) is 3. The number of nitrogens with zero attached hydrogens (tertiary/aromatic N) is 1. The molecular weight excluding hydrogens is 333 g/mol. The monoisotopic (exact) mass is 368 g/mol. The summed E-state index contributed by atoms with van der Waals surface area (Å²) >= 11 is 0. The fourth-order valence-corrected chi connectivity index (χ4v) is 3.43. The van der Waals surface area contributed by atoms with Crippen LogP contribution in [-0.4, -0.2) is 72.2 Å². The Hall–Kier alpha value is -0.270. The molecule has 0 fully saturated rings. The number of phosphoric ester groups is 1. The average Bonchev–Trinajstić information content (AvgIpc) is 2.44. The fraction of sp³-hybridized carbons (Fsp3) is 0.875. The SMILES string of the molecule is C=CCC(CCCCC)(OP(=O)(O)OCC[N+](C)(C)C)[C@@H](O)CO. The van der Waals surface area contributed by atoms with Crippen molar-refractivity contribution in [2.75, 3.05) is 40.9 Å². The maximum absolute atomic E-state index is 12.3. The van der Waals surface area contributed by atoms with Gasteiger partial charge in [-0.2, -0.15) is 0 Å². The van der Waals surface area contributed by atoms with Crippen LogP contribution in [0, 0.1) is 0 Å². The van der Waals surface area contributed by atoms with Gasteiger partial charge in [0.2, 0.25) is 0 Å². The molecule has 0 rings (SSSR count). The van der Waals surface area contributed by atoms with E-state index in [4.69, 9.17) is 9.05 Å². The van der Waals surface area contributed by atoms with Gasteiger partial charge in [-0.05, 0) is 12.8 Å². The minimum atomic E-state index is -4.37. The summed E-state index contributed by atoms with van der Waals surface area (Å²) in [6.45, 7) is 5.66. The number of aliphatic hydroxyl groups is 2. The van der Waals surface area contributed by atoms with E-state index in [1.807, 2.05) is 28.1 Å². The van der Waals surface area contributed by atoms with E-state index in [1.54, 1.807) is 0 Å². The molecule has 0 spiro atoms. The van der Waals surface area contributed by atoms with E-state index in [1.165, 1.54) is 6.08 Å². The van der Waals surface area contributed by atoms with Gasteiger partial charge in [-0.15, -0.1) is 6.58 Å². The number of likely N-dealkylation sites (N-methyl/N-ethyl adjacent to an activating group) is 1. The summed E-state index contributed by atoms with van der Waals surface area (Å²) in [6, 6.07) is 0. The lowest BCUT2D eigenvalue weighted by molar-refractivity contribution is -0.870. The third kappa shape index (κ3) is 9.28. The van der Waals surface area contributed by atoms with Crippen molar-refractivity contribution >= 4 is 7.82 Å². The normalized spacial score (nSPS) is 18.6. The topological polar surface area (TPSA) is 96.2 Å². The molecule has 24 heavy (non-hydrogen) atoms. The van der Waals surface area contributed by atoms with Crippen molar-refractivity contribution in [3.63, 3.8) is 0 Å². The van der Waals surface area contributed by atoms with Crippen molar-refractivity contribution in [3.05, 3.63) is 12.7 Å². The van der Waals surface area contributed by atoms with Crippen molar-refractivity contribution in [1.82, 2.24) is 0 Å². The largest absolute Gasteiger partial charge is 0.473 e. The second-order valence-corrected chi connectivity index (χ2v) is 8.50. The minimum absolute atomic E-state index is 0.0472. The molecule has 0 aromatic rings. The molecule has 7 nitrogen and oxygen atoms in total. The van der Waals surface area contributed by atoms with Gasteiger partial charge in [0, 0.05) is 0 Å². The van der Waals surface area contributed by atoms with Crippen LogP contribution in [0.4, 0.5) is 0 Å². The van der Waals surface area contributed by atoms with Gasteiger partial charge >= 0.3 is 7.82 Å². The zero-order valence-corrected chi connectivity index (χ0v) is 16.4. The summed E-state index contributed by atoms with van der Waals surface area (Å²) in [5.74, 6) is 0. The molecule has 2 unspecified atom stereocenters. The third-order valence-electron chi connectivity index (χ3n) is 3.79. The van der Waals surface area contributed by atoms with E-state index in [0.29, 0.717) is 23.9 Å². The second kappa shape index (κ2) is 10.7. The molecule has 0 heterocycles. The van der Waals surface area contributed by atoms with Gasteiger partial charge in [0.15, 0.2) is 0 Å². The molecule has 0 aliphatic rings. The average molecular weight is 368 g/mol. The Morgan fingerprint density at radius 2 is 1.96 bits per heavy atom. The maximum Gasteiger partial charge on any atom is 0.473 e. The highest BCUT2D eigenvalue weighted by Crippen LogP contribution is 2.50. The Kier molecular flexibility index (Phi) is 10.5. The van der Waals surface area contributed by atoms with Crippen LogP contribution >= 0.6 is 7.82 Å². The minimum Gasteiger partial charge on any atom is -0.394 e. The Morgan fingerprint density at radius 3 is 2.42 bits per heavy atom. The van der Waals surface area contributed by atoms with Crippen LogP contribution in [0.1, 0.15) is 39.0 Å². The van der Waals surface area contributed by atoms with Crippen molar-refractivity contribution < 1.29 is 33.2 Å². The van der Waals surface area contributed by atoms with Crippen molar-refractivity contribution in [2.24, 2.45) is 0 Å². The van der Waals surface area contributed by atoms with Crippen LogP contribution in [-0.2, 0) is 13.6 Å². The Bertz CT molecular complexity index is 412. The molecular formula is C16H35NO6P+. The summed E-state index contributed by atoms with van der Waals surface area (Å²) in [7, 11) is 1.44. The molecule has 3 atom stereocenters. The summed E-state index contributed by atoms with van der Waals surface area (Å²) in [4.78, 5) is 10.1. The van der Waals surface area contributed by atoms with E-state index < -0.39 is 26.1 Å². The van der Waals surface area contributed by atoms with E-state index in [9.17, 15) is 19.7 Å². The first-order chi connectivity index (χ1) is 11.0. The van der Waals surface area contributed by atoms with E-state index >= 15 is 0 Å². The predicted molar refractivity (Wildman–Crippen MR) is 94.5 cm³/mol. The quantitative estimate of drug-likeness (QED) is 0.188. The van der Waals surface area contributed by atoms with Crippen LogP contribution in [0.25, 0.3) is 0 Å². The van der Waals surface area contributed by atoms with Crippen molar-refractivity contribution in [3.8, 4) is 0 Å². The van der Waals surface area contributed by atoms with Crippen LogP contribution in [0.3, 0.4) is 0 Å². The molecule has 8 heteroatoms. The highest BCUT2D eigenvalue weighted by Gasteiger charge is 2.44. The van der Waals surface area contributed by atoms with Gasteiger partial charge in [0.1, 0.15) is 24.9 Å². The number of quaternary nitrogens is 1. The number of phosphoric acid groups is 1. The molecule has 144 valence electrons. The lowest BCUT2D eigenvalue weighted by atomic mass is 9.87. The van der Waals surface area contributed by atoms with Crippen molar-refractivity contribution in [1.29, 1.82) is 0 Å². The number of unbranched alkanes of at least 4 members (excludes halogenated alkanes) is 2. The summed E-state index contributed by atoms with van der Waals surface area (Å²) in [5, 5.41) is 19.6. The van der Waals surface area contributed by atoms with Gasteiger partial charge in [-0.1, -0.05) is 32.3 Å². The predicted octanol–water partition coefficient (Wildman–Crippen LogP) is 2.07. The van der Waals surface area contributed by atoms with Gasteiger partial charge in [0.05, 0.1) is 27.7 Å². The standard InChI is InChI=1S/C16H34NO6P/c1-6-8-9-11-16(10-7-2,15(19)14-18)23-24(20,21)22-13-12-17(3,4)5/h7,15,18-19H,2,6,8-14H2,1,3-5H3/p+1/t15-,16?/m0/s1. The number of rotatable bonds is 14. The zero-order valence-electron chi connectivity index (χ0n) is 15.5. The summed E-state index contributed by atoms with van der Waals surface area (Å²) in [6.07, 6.45) is 3.22. The van der Waals surface area contributed by atoms with Crippen LogP contribution < -0.4 is 0 Å². The Labute approximate surface area is 146 Å². The lowest BCUT2D eigenvalue weighted by Gasteiger charge is -2.37. The van der Waals surface area contributed by atoms with Gasteiger partial charge in [0.25, 0.3) is 0 Å². The van der Waals surface area contributed by atoms with Gasteiger partial charge in [-0.25, -0.2) is 4.57 Å². The fourth-order valence-electron chi connectivity index (χ4n) is 2.32. The highest BCUT2D eigenvalue weighted by molar-refractivity contribution is 7.47. The molecule has 0 aliphatic carbocycles. The van der Waals surface area contributed by atoms with Crippen LogP contribution in [0.2, 0.25) is 0 Å². The summed E-state index contributed by atoms with van der Waals surface area (Å²) in [5.41, 5.74) is -1.38. The van der Waals surface area contributed by atoms with E-state index in [0.717, 1.165) is 12.8 Å². The first-order valence-electron chi connectivity index (χ1n) is 8.40. The van der Waals surface area contributed by atoms with Crippen molar-refractivity contribution in [2.45, 2.75) is 50.7 Å². The number of hydrogen-bond acceptors (Lipinski definition) is 5. The molecule has 0 amide bonds. The maximum atomic E-state index is 12.3. The van der Waals surface area contributed by atoms with E-state index in [-0.39, 0.29) is 13.0 Å². The molecule has 0 aromatic heterocycles. The molecule has 0 aromatic carbocycles. The van der Waals surface area contributed by atoms with Gasteiger partial charge in [-0.3, -0.25) is 9.05 Å². The first kappa shape index (κ1) is 23.7. The molecule has 0 saturated heterocycles. The lowest BCUT2D eigenvalue weighted by Crippen LogP contribution is -2.46. The first-order valence-corrected chi connectivity index (χ1v) is 9.90. The van der Waals surface area contributed by atoms with Crippen LogP contribution in [0.15, 0.2) is 12.7 Å². The summed E-state index contributed by atoms with van der Waals surface area (Å²) < 4.78 is 23.3. The molecule has 3 N–H and O–H groups in total. The van der Waals surface area contributed by atoms with Crippen LogP contribution in [0.5, 0.6) is 0 Å². The molecule has 0 radical (unpaired) electrons. The Balaban J connectivity index is 5.10. The number of aliphatic hydroxyl groups excluding tert-OH is 2. The molecule has 0 bridgehead atoms. The zero-order chi connectivity index (χ0) is 18.9. The smallest absolute Gasteiger partial charge is 0.394 e. The highest BCUT2D eigenvalue weighted by atomic mass is 31.2. The Morgan fingerprint density at radius 1 is 1.33 bits per heavy atom. The third-order valence-corrected chi connectivity index (χ3v) is 4.89. The molecule has 0 saturated carbocycles. The molecule has 0 aliphatic heterocycles. The second-order valence-electron chi connectivity index (χ2n) is 7.12.